The maximum Gasteiger partial charge on any atom is 0.329 e. The average Bonchev–Trinajstić information content (AvgIpc) is 3.32. The Hall–Kier alpha value is -3.33. The lowest BCUT2D eigenvalue weighted by Crippen LogP contribution is -2.32. The fraction of sp³-hybridized carbons (Fsp3) is 0.348. The maximum absolute atomic E-state index is 13.7. The van der Waals surface area contributed by atoms with E-state index in [-0.39, 0.29) is 11.7 Å². The van der Waals surface area contributed by atoms with Gasteiger partial charge in [0.25, 0.3) is 0 Å². The molecule has 1 fully saturated rings. The van der Waals surface area contributed by atoms with E-state index >= 15 is 0 Å². The summed E-state index contributed by atoms with van der Waals surface area (Å²) in [4.78, 5) is 21.4. The topological polar surface area (TPSA) is 79.4 Å². The summed E-state index contributed by atoms with van der Waals surface area (Å²) in [7, 11) is 0. The van der Waals surface area contributed by atoms with Crippen LogP contribution >= 0.6 is 0 Å². The van der Waals surface area contributed by atoms with E-state index in [9.17, 15) is 4.79 Å². The summed E-state index contributed by atoms with van der Waals surface area (Å²) in [5.74, 6) is 0.470. The third-order valence-electron chi connectivity index (χ3n) is 6.33. The van der Waals surface area contributed by atoms with Crippen LogP contribution in [0.3, 0.4) is 0 Å². The minimum Gasteiger partial charge on any atom is -0.346 e. The Bertz CT molecular complexity index is 1290. The first-order valence-electron chi connectivity index (χ1n) is 10.2. The minimum absolute atomic E-state index is 0.0265. The maximum atomic E-state index is 13.7. The number of imidazole rings is 1. The van der Waals surface area contributed by atoms with Crippen LogP contribution < -0.4 is 5.69 Å². The highest BCUT2D eigenvalue weighted by Crippen LogP contribution is 2.36. The molecule has 146 valence electrons. The van der Waals surface area contributed by atoms with Crippen molar-refractivity contribution < 1.29 is 0 Å². The Morgan fingerprint density at radius 1 is 1.21 bits per heavy atom. The number of pyridine rings is 1. The van der Waals surface area contributed by atoms with Crippen molar-refractivity contribution in [1.82, 2.24) is 19.1 Å². The number of nitriles is 1. The van der Waals surface area contributed by atoms with Gasteiger partial charge >= 0.3 is 5.69 Å². The second-order valence-corrected chi connectivity index (χ2v) is 8.11. The average molecular weight is 385 g/mol. The van der Waals surface area contributed by atoms with Crippen molar-refractivity contribution in [2.75, 3.05) is 0 Å². The summed E-state index contributed by atoms with van der Waals surface area (Å²) in [5, 5.41) is 10.0. The molecule has 1 N–H and O–H groups in total. The first-order chi connectivity index (χ1) is 14.2. The number of H-pyrrole nitrogens is 1. The van der Waals surface area contributed by atoms with Gasteiger partial charge in [0.15, 0.2) is 0 Å². The lowest BCUT2D eigenvalue weighted by Gasteiger charge is -2.29. The smallest absolute Gasteiger partial charge is 0.329 e. The summed E-state index contributed by atoms with van der Waals surface area (Å²) in [6, 6.07) is 11.8. The van der Waals surface area contributed by atoms with Crippen molar-refractivity contribution in [2.24, 2.45) is 5.92 Å². The monoisotopic (exact) mass is 385 g/mol. The summed E-state index contributed by atoms with van der Waals surface area (Å²) < 4.78 is 3.86. The summed E-state index contributed by atoms with van der Waals surface area (Å²) in [5.41, 5.74) is 4.30. The normalized spacial score (nSPS) is 19.6. The van der Waals surface area contributed by atoms with Gasteiger partial charge in [-0.05, 0) is 42.5 Å². The van der Waals surface area contributed by atoms with Crippen molar-refractivity contribution in [1.29, 1.82) is 5.26 Å². The van der Waals surface area contributed by atoms with Gasteiger partial charge in [-0.1, -0.05) is 31.9 Å². The van der Waals surface area contributed by atoms with Gasteiger partial charge in [-0.15, -0.1) is 0 Å². The van der Waals surface area contributed by atoms with Gasteiger partial charge in [0.1, 0.15) is 5.65 Å². The van der Waals surface area contributed by atoms with Gasteiger partial charge < -0.3 is 4.98 Å². The molecular formula is C23H23N5O. The highest BCUT2D eigenvalue weighted by atomic mass is 16.1. The zero-order valence-electron chi connectivity index (χ0n) is 16.4. The van der Waals surface area contributed by atoms with E-state index in [2.05, 4.69) is 23.0 Å². The zero-order valence-corrected chi connectivity index (χ0v) is 16.4. The second kappa shape index (κ2) is 6.93. The SMILES string of the molecule is C[C@@H]1CCCC[C@@H]1n1c(=O)n(Cc2ccc(C#N)cc2)c2cnc3[nH]ccc3c21. The molecule has 0 amide bonds. The lowest BCUT2D eigenvalue weighted by molar-refractivity contribution is 0.256. The highest BCUT2D eigenvalue weighted by molar-refractivity contribution is 6.01. The summed E-state index contributed by atoms with van der Waals surface area (Å²) in [6.45, 7) is 2.72. The Morgan fingerprint density at radius 3 is 2.76 bits per heavy atom. The molecule has 6 heteroatoms. The van der Waals surface area contributed by atoms with E-state index in [0.717, 1.165) is 46.9 Å². The van der Waals surface area contributed by atoms with Crippen LogP contribution in [0, 0.1) is 17.2 Å². The first-order valence-corrected chi connectivity index (χ1v) is 10.2. The number of aromatic amines is 1. The molecule has 1 aliphatic rings. The molecule has 2 atom stereocenters. The van der Waals surface area contributed by atoms with Crippen molar-refractivity contribution in [3.63, 3.8) is 0 Å². The molecule has 6 nitrogen and oxygen atoms in total. The van der Waals surface area contributed by atoms with Crippen molar-refractivity contribution in [3.05, 3.63) is 64.3 Å². The van der Waals surface area contributed by atoms with Gasteiger partial charge in [0.05, 0.1) is 35.4 Å². The molecular weight excluding hydrogens is 362 g/mol. The fourth-order valence-electron chi connectivity index (χ4n) is 4.77. The van der Waals surface area contributed by atoms with E-state index in [1.807, 2.05) is 39.7 Å². The number of hydrogen-bond donors (Lipinski definition) is 1. The minimum atomic E-state index is 0.0265. The number of fused-ring (bicyclic) bond motifs is 3. The van der Waals surface area contributed by atoms with Crippen LogP contribution in [0.4, 0.5) is 0 Å². The van der Waals surface area contributed by atoms with Gasteiger partial charge in [-0.2, -0.15) is 5.26 Å². The number of benzene rings is 1. The molecule has 4 aromatic rings. The molecule has 0 unspecified atom stereocenters. The van der Waals surface area contributed by atoms with Crippen LogP contribution in [-0.2, 0) is 6.54 Å². The molecule has 0 radical (unpaired) electrons. The largest absolute Gasteiger partial charge is 0.346 e. The van der Waals surface area contributed by atoms with Crippen LogP contribution in [-0.4, -0.2) is 19.1 Å². The van der Waals surface area contributed by atoms with Gasteiger partial charge in [-0.25, -0.2) is 9.78 Å². The Labute approximate surface area is 168 Å². The standard InChI is InChI=1S/C23H23N5O/c1-15-4-2-3-5-19(15)28-21-18-10-11-25-22(18)26-13-20(21)27(23(28)29)14-17-8-6-16(12-24)7-9-17/h6-11,13,15,19H,2-5,14H2,1H3,(H,25,26)/t15-,19+/m1/s1. The first kappa shape index (κ1) is 17.7. The third-order valence-corrected chi connectivity index (χ3v) is 6.33. The van der Waals surface area contributed by atoms with Gasteiger partial charge in [0.2, 0.25) is 0 Å². The van der Waals surface area contributed by atoms with E-state index in [4.69, 9.17) is 5.26 Å². The fourth-order valence-corrected chi connectivity index (χ4v) is 4.77. The van der Waals surface area contributed by atoms with E-state index in [1.54, 1.807) is 12.1 Å². The molecule has 1 aromatic carbocycles. The molecule has 1 saturated carbocycles. The molecule has 3 aromatic heterocycles. The summed E-state index contributed by atoms with van der Waals surface area (Å²) >= 11 is 0. The van der Waals surface area contributed by atoms with E-state index < -0.39 is 0 Å². The van der Waals surface area contributed by atoms with Crippen LogP contribution in [0.15, 0.2) is 47.5 Å². The molecule has 0 saturated heterocycles. The quantitative estimate of drug-likeness (QED) is 0.569. The Morgan fingerprint density at radius 2 is 2.00 bits per heavy atom. The molecule has 29 heavy (non-hydrogen) atoms. The molecule has 3 heterocycles. The lowest BCUT2D eigenvalue weighted by atomic mass is 9.85. The van der Waals surface area contributed by atoms with E-state index in [1.165, 1.54) is 6.42 Å². The molecule has 0 spiro atoms. The Balaban J connectivity index is 1.72. The molecule has 1 aliphatic carbocycles. The second-order valence-electron chi connectivity index (χ2n) is 8.11. The van der Waals surface area contributed by atoms with Crippen LogP contribution in [0.2, 0.25) is 0 Å². The van der Waals surface area contributed by atoms with Crippen molar-refractivity contribution in [3.8, 4) is 6.07 Å². The van der Waals surface area contributed by atoms with Crippen LogP contribution in [0.25, 0.3) is 22.1 Å². The predicted molar refractivity (Wildman–Crippen MR) is 113 cm³/mol. The predicted octanol–water partition coefficient (Wildman–Crippen LogP) is 4.35. The molecule has 0 aliphatic heterocycles. The van der Waals surface area contributed by atoms with Gasteiger partial charge in [-0.3, -0.25) is 9.13 Å². The third kappa shape index (κ3) is 2.85. The number of nitrogens with zero attached hydrogens (tertiary/aromatic N) is 4. The van der Waals surface area contributed by atoms with Crippen LogP contribution in [0.1, 0.15) is 49.8 Å². The molecule has 5 rings (SSSR count). The number of nitrogens with one attached hydrogen (secondary N) is 1. The van der Waals surface area contributed by atoms with E-state index in [0.29, 0.717) is 18.0 Å². The number of rotatable bonds is 3. The summed E-state index contributed by atoms with van der Waals surface area (Å²) in [6.07, 6.45) is 8.27. The van der Waals surface area contributed by atoms with Crippen molar-refractivity contribution in [2.45, 2.75) is 45.2 Å². The highest BCUT2D eigenvalue weighted by Gasteiger charge is 2.28. The zero-order chi connectivity index (χ0) is 20.0. The van der Waals surface area contributed by atoms with Crippen molar-refractivity contribution >= 4 is 22.1 Å². The number of aromatic nitrogens is 4. The van der Waals surface area contributed by atoms with Crippen LogP contribution in [0.5, 0.6) is 0 Å². The van der Waals surface area contributed by atoms with Gasteiger partial charge in [0, 0.05) is 17.6 Å². The Kier molecular flexibility index (Phi) is 4.24. The molecule has 0 bridgehead atoms. The number of hydrogen-bond acceptors (Lipinski definition) is 3.